The standard InChI is InChI=1S/C14H12BrF2NO/c1-8-2-4-10(6-11(8)16)19-12-5-3-9(7-18)13(15)14(12)17/h2-6H,7,18H2,1H3. The van der Waals surface area contributed by atoms with Crippen molar-refractivity contribution in [3.63, 3.8) is 0 Å². The molecule has 2 N–H and O–H groups in total. The van der Waals surface area contributed by atoms with Crippen LogP contribution in [-0.4, -0.2) is 0 Å². The number of hydrogen-bond donors (Lipinski definition) is 1. The Kier molecular flexibility index (Phi) is 4.17. The fourth-order valence-electron chi connectivity index (χ4n) is 1.57. The number of nitrogens with two attached hydrogens (primary N) is 1. The molecule has 0 aromatic heterocycles. The summed E-state index contributed by atoms with van der Waals surface area (Å²) in [5.41, 5.74) is 6.62. The molecule has 0 fully saturated rings. The second kappa shape index (κ2) is 5.67. The molecule has 0 radical (unpaired) electrons. The smallest absolute Gasteiger partial charge is 0.180 e. The predicted octanol–water partition coefficient (Wildman–Crippen LogP) is 4.29. The van der Waals surface area contributed by atoms with Gasteiger partial charge in [-0.05, 0) is 46.1 Å². The quantitative estimate of drug-likeness (QED) is 0.912. The van der Waals surface area contributed by atoms with Gasteiger partial charge < -0.3 is 10.5 Å². The van der Waals surface area contributed by atoms with Crippen molar-refractivity contribution in [2.45, 2.75) is 13.5 Å². The fraction of sp³-hybridized carbons (Fsp3) is 0.143. The Morgan fingerprint density at radius 3 is 2.58 bits per heavy atom. The monoisotopic (exact) mass is 327 g/mol. The number of benzene rings is 2. The van der Waals surface area contributed by atoms with Gasteiger partial charge in [0.05, 0.1) is 4.47 Å². The van der Waals surface area contributed by atoms with Gasteiger partial charge in [-0.1, -0.05) is 12.1 Å². The maximum atomic E-state index is 14.0. The number of halogens is 3. The lowest BCUT2D eigenvalue weighted by Crippen LogP contribution is -2.00. The van der Waals surface area contributed by atoms with Crippen LogP contribution in [0.4, 0.5) is 8.78 Å². The summed E-state index contributed by atoms with van der Waals surface area (Å²) >= 11 is 3.12. The third-order valence-corrected chi connectivity index (χ3v) is 3.58. The van der Waals surface area contributed by atoms with Gasteiger partial charge in [0, 0.05) is 12.6 Å². The minimum atomic E-state index is -0.552. The van der Waals surface area contributed by atoms with Gasteiger partial charge in [-0.25, -0.2) is 8.78 Å². The minimum absolute atomic E-state index is 0.0207. The molecule has 2 rings (SSSR count). The minimum Gasteiger partial charge on any atom is -0.454 e. The summed E-state index contributed by atoms with van der Waals surface area (Å²) in [6, 6.07) is 7.51. The molecule has 19 heavy (non-hydrogen) atoms. The first-order valence-corrected chi connectivity index (χ1v) is 6.43. The summed E-state index contributed by atoms with van der Waals surface area (Å²) in [7, 11) is 0. The Hall–Kier alpha value is -1.46. The number of ether oxygens (including phenoxy) is 1. The molecule has 2 nitrogen and oxygen atoms in total. The van der Waals surface area contributed by atoms with E-state index in [2.05, 4.69) is 15.9 Å². The summed E-state index contributed by atoms with van der Waals surface area (Å²) in [4.78, 5) is 0. The molecule has 0 heterocycles. The van der Waals surface area contributed by atoms with Crippen molar-refractivity contribution in [2.24, 2.45) is 5.73 Å². The molecule has 2 aromatic rings. The van der Waals surface area contributed by atoms with Crippen LogP contribution < -0.4 is 10.5 Å². The molecular weight excluding hydrogens is 316 g/mol. The Morgan fingerprint density at radius 1 is 1.21 bits per heavy atom. The lowest BCUT2D eigenvalue weighted by Gasteiger charge is -2.10. The highest BCUT2D eigenvalue weighted by Crippen LogP contribution is 2.32. The van der Waals surface area contributed by atoms with E-state index < -0.39 is 11.6 Å². The molecule has 0 aliphatic heterocycles. The van der Waals surface area contributed by atoms with Crippen LogP contribution in [0.3, 0.4) is 0 Å². The van der Waals surface area contributed by atoms with Crippen molar-refractivity contribution < 1.29 is 13.5 Å². The van der Waals surface area contributed by atoms with Gasteiger partial charge in [-0.3, -0.25) is 0 Å². The third kappa shape index (κ3) is 2.93. The Balaban J connectivity index is 2.33. The van der Waals surface area contributed by atoms with Crippen LogP contribution in [0.15, 0.2) is 34.8 Å². The summed E-state index contributed by atoms with van der Waals surface area (Å²) < 4.78 is 33.0. The number of hydrogen-bond acceptors (Lipinski definition) is 2. The third-order valence-electron chi connectivity index (χ3n) is 2.72. The molecule has 100 valence electrons. The van der Waals surface area contributed by atoms with E-state index in [4.69, 9.17) is 10.5 Å². The summed E-state index contributed by atoms with van der Waals surface area (Å²) in [6.07, 6.45) is 0. The van der Waals surface area contributed by atoms with Crippen molar-refractivity contribution in [3.8, 4) is 11.5 Å². The molecule has 5 heteroatoms. The Labute approximate surface area is 118 Å². The maximum Gasteiger partial charge on any atom is 0.180 e. The van der Waals surface area contributed by atoms with Gasteiger partial charge in [0.1, 0.15) is 11.6 Å². The fourth-order valence-corrected chi connectivity index (χ4v) is 2.06. The van der Waals surface area contributed by atoms with Crippen molar-refractivity contribution in [3.05, 3.63) is 57.6 Å². The van der Waals surface area contributed by atoms with Crippen LogP contribution >= 0.6 is 15.9 Å². The predicted molar refractivity (Wildman–Crippen MR) is 73.2 cm³/mol. The van der Waals surface area contributed by atoms with Gasteiger partial charge in [-0.15, -0.1) is 0 Å². The van der Waals surface area contributed by atoms with E-state index in [-0.39, 0.29) is 22.5 Å². The molecule has 0 atom stereocenters. The average molecular weight is 328 g/mol. The second-order valence-electron chi connectivity index (χ2n) is 4.07. The van der Waals surface area contributed by atoms with E-state index >= 15 is 0 Å². The maximum absolute atomic E-state index is 14.0. The lowest BCUT2D eigenvalue weighted by molar-refractivity contribution is 0.436. The Morgan fingerprint density at radius 2 is 1.95 bits per heavy atom. The van der Waals surface area contributed by atoms with Gasteiger partial charge in [0.15, 0.2) is 11.6 Å². The molecule has 0 aliphatic rings. The van der Waals surface area contributed by atoms with Crippen LogP contribution in [0.25, 0.3) is 0 Å². The average Bonchev–Trinajstić information content (AvgIpc) is 2.40. The molecule has 0 saturated carbocycles. The molecule has 0 bridgehead atoms. The largest absolute Gasteiger partial charge is 0.454 e. The van der Waals surface area contributed by atoms with E-state index in [0.29, 0.717) is 11.1 Å². The highest BCUT2D eigenvalue weighted by molar-refractivity contribution is 9.10. The summed E-state index contributed by atoms with van der Waals surface area (Å²) in [5.74, 6) is -0.679. The van der Waals surface area contributed by atoms with Crippen LogP contribution in [-0.2, 0) is 6.54 Å². The van der Waals surface area contributed by atoms with E-state index in [0.717, 1.165) is 0 Å². The van der Waals surface area contributed by atoms with Gasteiger partial charge in [0.2, 0.25) is 0 Å². The Bertz CT molecular complexity index is 617. The topological polar surface area (TPSA) is 35.2 Å². The van der Waals surface area contributed by atoms with Crippen molar-refractivity contribution in [2.75, 3.05) is 0 Å². The first-order chi connectivity index (χ1) is 9.02. The van der Waals surface area contributed by atoms with E-state index in [1.807, 2.05) is 0 Å². The molecule has 0 spiro atoms. The van der Waals surface area contributed by atoms with Crippen LogP contribution in [0.5, 0.6) is 11.5 Å². The molecule has 0 unspecified atom stereocenters. The van der Waals surface area contributed by atoms with Gasteiger partial charge in [-0.2, -0.15) is 0 Å². The SMILES string of the molecule is Cc1ccc(Oc2ccc(CN)c(Br)c2F)cc1F. The number of aryl methyl sites for hydroxylation is 1. The van der Waals surface area contributed by atoms with Crippen LogP contribution in [0.2, 0.25) is 0 Å². The van der Waals surface area contributed by atoms with Crippen molar-refractivity contribution in [1.29, 1.82) is 0 Å². The molecule has 0 aliphatic carbocycles. The molecule has 0 saturated heterocycles. The summed E-state index contributed by atoms with van der Waals surface area (Å²) in [6.45, 7) is 1.86. The van der Waals surface area contributed by atoms with E-state index in [1.165, 1.54) is 12.1 Å². The number of rotatable bonds is 3. The molecular formula is C14H12BrF2NO. The second-order valence-corrected chi connectivity index (χ2v) is 4.86. The first kappa shape index (κ1) is 14.0. The molecule has 0 amide bonds. The highest BCUT2D eigenvalue weighted by atomic mass is 79.9. The lowest BCUT2D eigenvalue weighted by atomic mass is 10.2. The summed E-state index contributed by atoms with van der Waals surface area (Å²) in [5, 5.41) is 0. The van der Waals surface area contributed by atoms with Gasteiger partial charge in [0.25, 0.3) is 0 Å². The van der Waals surface area contributed by atoms with Crippen LogP contribution in [0, 0.1) is 18.6 Å². The van der Waals surface area contributed by atoms with E-state index in [1.54, 1.807) is 25.1 Å². The molecule has 2 aromatic carbocycles. The van der Waals surface area contributed by atoms with E-state index in [9.17, 15) is 8.78 Å². The zero-order valence-corrected chi connectivity index (χ0v) is 11.8. The van der Waals surface area contributed by atoms with Gasteiger partial charge >= 0.3 is 0 Å². The van der Waals surface area contributed by atoms with Crippen LogP contribution in [0.1, 0.15) is 11.1 Å². The highest BCUT2D eigenvalue weighted by Gasteiger charge is 2.12. The van der Waals surface area contributed by atoms with Crippen molar-refractivity contribution in [1.82, 2.24) is 0 Å². The zero-order valence-electron chi connectivity index (χ0n) is 10.2. The zero-order chi connectivity index (χ0) is 14.0. The first-order valence-electron chi connectivity index (χ1n) is 5.64. The van der Waals surface area contributed by atoms with Crippen molar-refractivity contribution >= 4 is 15.9 Å². The normalized spacial score (nSPS) is 10.6.